The first-order valence-corrected chi connectivity index (χ1v) is 12.0. The summed E-state index contributed by atoms with van der Waals surface area (Å²) in [6.07, 6.45) is 9.43. The Labute approximate surface area is 190 Å². The topological polar surface area (TPSA) is 81.3 Å². The van der Waals surface area contributed by atoms with E-state index in [1.54, 1.807) is 6.20 Å². The monoisotopic (exact) mass is 437 g/mol. The molecule has 2 aliphatic rings. The number of aryl methyl sites for hydroxylation is 1. The van der Waals surface area contributed by atoms with Crippen LogP contribution in [-0.2, 0) is 22.6 Å². The molecule has 1 unspecified atom stereocenters. The number of nitrogens with zero attached hydrogens (tertiary/aromatic N) is 3. The van der Waals surface area contributed by atoms with Crippen molar-refractivity contribution < 1.29 is 9.59 Å². The van der Waals surface area contributed by atoms with E-state index in [-0.39, 0.29) is 17.9 Å². The lowest BCUT2D eigenvalue weighted by atomic mass is 9.91. The van der Waals surface area contributed by atoms with Crippen LogP contribution < -0.4 is 5.32 Å². The average molecular weight is 438 g/mol. The number of carbonyl (C=O) groups excluding carboxylic acids is 2. The first-order valence-electron chi connectivity index (χ1n) is 12.0. The number of hydrogen-bond acceptors (Lipinski definition) is 4. The van der Waals surface area contributed by atoms with Crippen LogP contribution >= 0.6 is 0 Å². The molecule has 7 nitrogen and oxygen atoms in total. The van der Waals surface area contributed by atoms with Crippen LogP contribution in [0.1, 0.15) is 49.7 Å². The summed E-state index contributed by atoms with van der Waals surface area (Å²) in [4.78, 5) is 29.3. The van der Waals surface area contributed by atoms with Gasteiger partial charge in [-0.25, -0.2) is 0 Å². The van der Waals surface area contributed by atoms with Gasteiger partial charge >= 0.3 is 0 Å². The second-order valence-electron chi connectivity index (χ2n) is 9.24. The Hall–Kier alpha value is -2.67. The molecule has 4 rings (SSSR count). The van der Waals surface area contributed by atoms with Gasteiger partial charge in [-0.2, -0.15) is 5.10 Å². The van der Waals surface area contributed by atoms with Crippen LogP contribution in [0.15, 0.2) is 42.7 Å². The van der Waals surface area contributed by atoms with E-state index in [9.17, 15) is 9.59 Å². The standard InChI is InChI=1S/C25H35N5O2/c31-24(28-23-12-13-29(19-23)18-21-4-2-1-3-5-21)8-6-20-10-14-30(15-11-20)25(32)9-7-22-16-26-27-17-22/h1-5,16-17,20,23H,6-15,18-19H2,(H,26,27)(H,28,31). The number of H-pyrrole nitrogens is 1. The van der Waals surface area contributed by atoms with Crippen molar-refractivity contribution in [2.45, 2.75) is 57.5 Å². The first-order chi connectivity index (χ1) is 15.7. The van der Waals surface area contributed by atoms with Gasteiger partial charge in [0.15, 0.2) is 0 Å². The molecule has 0 aliphatic carbocycles. The SMILES string of the molecule is O=C(CCC1CCN(C(=O)CCc2cn[nH]c2)CC1)NC1CCN(Cc2ccccc2)C1. The molecule has 2 N–H and O–H groups in total. The van der Waals surface area contributed by atoms with Crippen molar-refractivity contribution in [3.63, 3.8) is 0 Å². The summed E-state index contributed by atoms with van der Waals surface area (Å²) in [6.45, 7) is 4.54. The van der Waals surface area contributed by atoms with E-state index in [0.29, 0.717) is 18.8 Å². The second-order valence-corrected chi connectivity index (χ2v) is 9.24. The predicted molar refractivity (Wildman–Crippen MR) is 124 cm³/mol. The molecular formula is C25H35N5O2. The fourth-order valence-corrected chi connectivity index (χ4v) is 4.87. The molecule has 0 saturated carbocycles. The third kappa shape index (κ3) is 6.66. The van der Waals surface area contributed by atoms with E-state index in [2.05, 4.69) is 44.7 Å². The maximum absolute atomic E-state index is 12.5. The van der Waals surface area contributed by atoms with Gasteiger partial charge in [0.05, 0.1) is 6.20 Å². The lowest BCUT2D eigenvalue weighted by Crippen LogP contribution is -2.39. The molecule has 7 heteroatoms. The number of likely N-dealkylation sites (tertiary alicyclic amines) is 2. The van der Waals surface area contributed by atoms with E-state index in [0.717, 1.165) is 70.4 Å². The lowest BCUT2D eigenvalue weighted by molar-refractivity contribution is -0.132. The number of piperidine rings is 1. The van der Waals surface area contributed by atoms with E-state index in [4.69, 9.17) is 0 Å². The van der Waals surface area contributed by atoms with Gasteiger partial charge in [0.2, 0.25) is 11.8 Å². The highest BCUT2D eigenvalue weighted by atomic mass is 16.2. The van der Waals surface area contributed by atoms with Gasteiger partial charge in [-0.3, -0.25) is 19.6 Å². The van der Waals surface area contributed by atoms with Crippen molar-refractivity contribution in [2.75, 3.05) is 26.2 Å². The predicted octanol–water partition coefficient (Wildman–Crippen LogP) is 2.75. The molecule has 0 bridgehead atoms. The Kier molecular flexibility index (Phi) is 7.93. The van der Waals surface area contributed by atoms with Crippen LogP contribution in [0.3, 0.4) is 0 Å². The van der Waals surface area contributed by atoms with Crippen molar-refractivity contribution in [2.24, 2.45) is 5.92 Å². The molecule has 2 aliphatic heterocycles. The normalized spacial score (nSPS) is 19.9. The number of aromatic nitrogens is 2. The minimum Gasteiger partial charge on any atom is -0.352 e. The van der Waals surface area contributed by atoms with Crippen molar-refractivity contribution in [1.29, 1.82) is 0 Å². The fourth-order valence-electron chi connectivity index (χ4n) is 4.87. The van der Waals surface area contributed by atoms with Crippen molar-refractivity contribution in [1.82, 2.24) is 25.3 Å². The molecule has 2 saturated heterocycles. The minimum atomic E-state index is 0.176. The van der Waals surface area contributed by atoms with Gasteiger partial charge in [0.1, 0.15) is 0 Å². The number of nitrogens with one attached hydrogen (secondary N) is 2. The Morgan fingerprint density at radius 2 is 1.84 bits per heavy atom. The molecule has 0 spiro atoms. The molecule has 2 aromatic rings. The number of rotatable bonds is 9. The largest absolute Gasteiger partial charge is 0.352 e. The molecule has 2 amide bonds. The molecule has 3 heterocycles. The Morgan fingerprint density at radius 1 is 1.03 bits per heavy atom. The third-order valence-electron chi connectivity index (χ3n) is 6.82. The molecular weight excluding hydrogens is 402 g/mol. The summed E-state index contributed by atoms with van der Waals surface area (Å²) in [5.41, 5.74) is 2.40. The van der Waals surface area contributed by atoms with Crippen molar-refractivity contribution in [3.05, 3.63) is 53.9 Å². The van der Waals surface area contributed by atoms with Gasteiger partial charge in [-0.05, 0) is 49.1 Å². The molecule has 1 atom stereocenters. The van der Waals surface area contributed by atoms with Crippen LogP contribution in [0.2, 0.25) is 0 Å². The third-order valence-corrected chi connectivity index (χ3v) is 6.82. The molecule has 32 heavy (non-hydrogen) atoms. The van der Waals surface area contributed by atoms with Gasteiger partial charge in [-0.15, -0.1) is 0 Å². The van der Waals surface area contributed by atoms with Gasteiger partial charge in [0.25, 0.3) is 0 Å². The summed E-state index contributed by atoms with van der Waals surface area (Å²) in [7, 11) is 0. The van der Waals surface area contributed by atoms with Crippen LogP contribution in [0.4, 0.5) is 0 Å². The summed E-state index contributed by atoms with van der Waals surface area (Å²) in [5, 5.41) is 9.95. The smallest absolute Gasteiger partial charge is 0.222 e. The highest BCUT2D eigenvalue weighted by Gasteiger charge is 2.26. The molecule has 2 fully saturated rings. The quantitative estimate of drug-likeness (QED) is 0.632. The summed E-state index contributed by atoms with van der Waals surface area (Å²) in [5.74, 6) is 0.940. The lowest BCUT2D eigenvalue weighted by Gasteiger charge is -2.32. The zero-order chi connectivity index (χ0) is 22.2. The van der Waals surface area contributed by atoms with E-state index in [1.165, 1.54) is 5.56 Å². The molecule has 172 valence electrons. The Bertz CT molecular complexity index is 846. The summed E-state index contributed by atoms with van der Waals surface area (Å²) < 4.78 is 0. The number of benzene rings is 1. The van der Waals surface area contributed by atoms with Crippen LogP contribution in [0, 0.1) is 5.92 Å². The number of aromatic amines is 1. The van der Waals surface area contributed by atoms with E-state index in [1.807, 2.05) is 17.2 Å². The Morgan fingerprint density at radius 3 is 2.59 bits per heavy atom. The average Bonchev–Trinajstić information content (AvgIpc) is 3.49. The molecule has 1 aromatic carbocycles. The number of hydrogen-bond donors (Lipinski definition) is 2. The summed E-state index contributed by atoms with van der Waals surface area (Å²) >= 11 is 0. The van der Waals surface area contributed by atoms with E-state index < -0.39 is 0 Å². The van der Waals surface area contributed by atoms with E-state index >= 15 is 0 Å². The second kappa shape index (κ2) is 11.3. The highest BCUT2D eigenvalue weighted by molar-refractivity contribution is 5.77. The van der Waals surface area contributed by atoms with Crippen molar-refractivity contribution in [3.8, 4) is 0 Å². The molecule has 1 aromatic heterocycles. The zero-order valence-corrected chi connectivity index (χ0v) is 18.8. The number of carbonyl (C=O) groups is 2. The van der Waals surface area contributed by atoms with Crippen LogP contribution in [0.5, 0.6) is 0 Å². The highest BCUT2D eigenvalue weighted by Crippen LogP contribution is 2.23. The van der Waals surface area contributed by atoms with Crippen molar-refractivity contribution >= 4 is 11.8 Å². The Balaban J connectivity index is 1.09. The minimum absolute atomic E-state index is 0.176. The first kappa shape index (κ1) is 22.5. The van der Waals surface area contributed by atoms with Crippen LogP contribution in [0.25, 0.3) is 0 Å². The van der Waals surface area contributed by atoms with Gasteiger partial charge in [-0.1, -0.05) is 30.3 Å². The van der Waals surface area contributed by atoms with Gasteiger partial charge in [0, 0.05) is 57.8 Å². The maximum Gasteiger partial charge on any atom is 0.222 e. The molecule has 0 radical (unpaired) electrons. The zero-order valence-electron chi connectivity index (χ0n) is 18.8. The summed E-state index contributed by atoms with van der Waals surface area (Å²) in [6, 6.07) is 10.8. The fraction of sp³-hybridized carbons (Fsp3) is 0.560. The number of amides is 2. The van der Waals surface area contributed by atoms with Gasteiger partial charge < -0.3 is 10.2 Å². The van der Waals surface area contributed by atoms with Crippen LogP contribution in [-0.4, -0.2) is 64.0 Å². The maximum atomic E-state index is 12.5.